The lowest BCUT2D eigenvalue weighted by Crippen LogP contribution is -2.39. The summed E-state index contributed by atoms with van der Waals surface area (Å²) in [4.78, 5) is 9.04. The normalized spacial score (nSPS) is 11.7. The van der Waals surface area contributed by atoms with Crippen LogP contribution in [-0.2, 0) is 5.75 Å². The molecule has 0 atom stereocenters. The van der Waals surface area contributed by atoms with Gasteiger partial charge >= 0.3 is 0 Å². The number of para-hydroxylation sites is 2. The Morgan fingerprint density at radius 2 is 2.12 bits per heavy atom. The number of aromatic nitrogens is 3. The average Bonchev–Trinajstić information content (AvgIpc) is 2.99. The smallest absolute Gasteiger partial charge is 0.243 e. The zero-order chi connectivity index (χ0) is 17.8. The number of hydrogen-bond acceptors (Lipinski definition) is 7. The number of methoxy groups -OCH3 is 1. The summed E-state index contributed by atoms with van der Waals surface area (Å²) in [6.45, 7) is 0. The van der Waals surface area contributed by atoms with E-state index in [9.17, 15) is 0 Å². The molecular formula is C16H19N7OS. The molecule has 0 fully saturated rings. The van der Waals surface area contributed by atoms with Crippen molar-refractivity contribution in [2.45, 2.75) is 10.9 Å². The number of rotatable bonds is 4. The quantitative estimate of drug-likeness (QED) is 0.240. The summed E-state index contributed by atoms with van der Waals surface area (Å²) in [6, 6.07) is 11.6. The lowest BCUT2D eigenvalue weighted by molar-refractivity contribution is 0.412. The van der Waals surface area contributed by atoms with Crippen LogP contribution in [0.15, 0.2) is 52.9 Å². The van der Waals surface area contributed by atoms with Gasteiger partial charge in [0.25, 0.3) is 0 Å². The number of nitrogens with zero attached hydrogens (tertiary/aromatic N) is 5. The van der Waals surface area contributed by atoms with Gasteiger partial charge in [-0.1, -0.05) is 23.9 Å². The van der Waals surface area contributed by atoms with Gasteiger partial charge in [-0.2, -0.15) is 0 Å². The molecule has 9 heteroatoms. The van der Waals surface area contributed by atoms with Gasteiger partial charge in [0, 0.05) is 12.8 Å². The second kappa shape index (κ2) is 7.41. The number of ether oxygens (including phenoxy) is 1. The van der Waals surface area contributed by atoms with Crippen molar-refractivity contribution in [2.24, 2.45) is 16.8 Å². The molecule has 2 aromatic heterocycles. The number of hydrogen-bond donors (Lipinski definition) is 2. The first-order chi connectivity index (χ1) is 12.1. The number of benzene rings is 1. The highest BCUT2D eigenvalue weighted by Gasteiger charge is 2.17. The predicted octanol–water partition coefficient (Wildman–Crippen LogP) is 1.62. The minimum atomic E-state index is 0.402. The number of pyridine rings is 1. The molecule has 0 unspecified atom stereocenters. The molecule has 0 saturated heterocycles. The summed E-state index contributed by atoms with van der Waals surface area (Å²) < 4.78 is 6.97. The topological polar surface area (TPSA) is 108 Å². The molecule has 0 saturated carbocycles. The molecule has 0 aliphatic carbocycles. The Bertz CT molecular complexity index is 889. The fourth-order valence-electron chi connectivity index (χ4n) is 2.36. The van der Waals surface area contributed by atoms with Crippen molar-refractivity contribution in [3.8, 4) is 5.75 Å². The third-order valence-corrected chi connectivity index (χ3v) is 4.52. The van der Waals surface area contributed by atoms with Gasteiger partial charge in [-0.25, -0.2) is 10.8 Å². The van der Waals surface area contributed by atoms with E-state index in [2.05, 4.69) is 15.1 Å². The fraction of sp³-hybridized carbons (Fsp3) is 0.188. The molecule has 3 aromatic rings. The van der Waals surface area contributed by atoms with Crippen LogP contribution in [0.4, 0.5) is 0 Å². The number of hydrazine groups is 1. The Labute approximate surface area is 149 Å². The van der Waals surface area contributed by atoms with E-state index < -0.39 is 0 Å². The van der Waals surface area contributed by atoms with E-state index in [1.165, 1.54) is 16.8 Å². The van der Waals surface area contributed by atoms with Crippen molar-refractivity contribution < 1.29 is 4.74 Å². The first-order valence-corrected chi connectivity index (χ1v) is 8.48. The van der Waals surface area contributed by atoms with E-state index in [1.54, 1.807) is 20.4 Å². The van der Waals surface area contributed by atoms with E-state index >= 15 is 0 Å². The van der Waals surface area contributed by atoms with Gasteiger partial charge in [0.15, 0.2) is 5.16 Å². The van der Waals surface area contributed by atoms with Crippen LogP contribution >= 0.6 is 11.8 Å². The van der Waals surface area contributed by atoms with Crippen LogP contribution in [-0.4, -0.2) is 39.7 Å². The number of nitrogens with two attached hydrogens (primary N) is 2. The summed E-state index contributed by atoms with van der Waals surface area (Å²) in [7, 11) is 3.30. The molecule has 8 nitrogen and oxygen atoms in total. The molecule has 130 valence electrons. The summed E-state index contributed by atoms with van der Waals surface area (Å²) in [5.41, 5.74) is 2.64. The molecule has 0 radical (unpaired) electrons. The second-order valence-corrected chi connectivity index (χ2v) is 6.18. The predicted molar refractivity (Wildman–Crippen MR) is 99.1 cm³/mol. The maximum atomic E-state index is 5.88. The standard InChI is InChI=1S/C16H19N7OS/c1-22(18)15(21-17)23-14-6-4-3-5-13(14)20-16(23)25-10-11-7-8-12(24-2)9-19-11/h3-9H,10,17-18H2,1-2H3/b21-15+. The Morgan fingerprint density at radius 1 is 1.32 bits per heavy atom. The van der Waals surface area contributed by atoms with Gasteiger partial charge in [-0.15, -0.1) is 5.10 Å². The molecule has 0 aliphatic rings. The third kappa shape index (κ3) is 3.52. The zero-order valence-electron chi connectivity index (χ0n) is 14.0. The third-order valence-electron chi connectivity index (χ3n) is 3.54. The molecule has 0 spiro atoms. The fourth-order valence-corrected chi connectivity index (χ4v) is 3.28. The summed E-state index contributed by atoms with van der Waals surface area (Å²) in [5, 5.41) is 5.91. The number of imidazole rings is 1. The Hall–Kier alpha value is -2.78. The van der Waals surface area contributed by atoms with Crippen LogP contribution in [0.5, 0.6) is 5.75 Å². The van der Waals surface area contributed by atoms with Crippen LogP contribution < -0.4 is 16.4 Å². The monoisotopic (exact) mass is 357 g/mol. The highest BCUT2D eigenvalue weighted by Crippen LogP contribution is 2.27. The van der Waals surface area contributed by atoms with Crippen LogP contribution in [0.1, 0.15) is 5.69 Å². The van der Waals surface area contributed by atoms with Crippen molar-refractivity contribution in [3.05, 3.63) is 48.3 Å². The van der Waals surface area contributed by atoms with Crippen molar-refractivity contribution in [2.75, 3.05) is 14.2 Å². The first kappa shape index (κ1) is 17.1. The van der Waals surface area contributed by atoms with Crippen molar-refractivity contribution in [1.82, 2.24) is 19.5 Å². The SMILES string of the molecule is COc1ccc(CSc2nc3ccccc3n2/C(=N/N)N(C)N)nc1. The van der Waals surface area contributed by atoms with E-state index in [4.69, 9.17) is 16.4 Å². The summed E-state index contributed by atoms with van der Waals surface area (Å²) in [5.74, 6) is 13.2. The van der Waals surface area contributed by atoms with Gasteiger partial charge in [-0.3, -0.25) is 14.6 Å². The van der Waals surface area contributed by atoms with Gasteiger partial charge in [-0.05, 0) is 24.3 Å². The molecular weight excluding hydrogens is 338 g/mol. The Balaban J connectivity index is 1.94. The van der Waals surface area contributed by atoms with E-state index in [0.29, 0.717) is 11.7 Å². The lowest BCUT2D eigenvalue weighted by Gasteiger charge is -2.17. The van der Waals surface area contributed by atoms with Gasteiger partial charge in [0.05, 0.1) is 30.0 Å². The maximum Gasteiger partial charge on any atom is 0.243 e. The van der Waals surface area contributed by atoms with Crippen LogP contribution in [0.2, 0.25) is 0 Å². The Morgan fingerprint density at radius 3 is 2.76 bits per heavy atom. The van der Waals surface area contributed by atoms with E-state index in [-0.39, 0.29) is 0 Å². The molecule has 0 bridgehead atoms. The number of thioether (sulfide) groups is 1. The van der Waals surface area contributed by atoms with Crippen molar-refractivity contribution >= 4 is 28.8 Å². The summed E-state index contributed by atoms with van der Waals surface area (Å²) in [6.07, 6.45) is 1.69. The molecule has 1 aromatic carbocycles. The highest BCUT2D eigenvalue weighted by molar-refractivity contribution is 7.98. The summed E-state index contributed by atoms with van der Waals surface area (Å²) >= 11 is 1.53. The average molecular weight is 357 g/mol. The zero-order valence-corrected chi connectivity index (χ0v) is 14.8. The van der Waals surface area contributed by atoms with Crippen LogP contribution in [0, 0.1) is 0 Å². The molecule has 0 amide bonds. The largest absolute Gasteiger partial charge is 0.495 e. The highest BCUT2D eigenvalue weighted by atomic mass is 32.2. The second-order valence-electron chi connectivity index (χ2n) is 5.24. The van der Waals surface area contributed by atoms with Crippen molar-refractivity contribution in [3.63, 3.8) is 0 Å². The van der Waals surface area contributed by atoms with Crippen LogP contribution in [0.25, 0.3) is 11.0 Å². The molecule has 2 heterocycles. The van der Waals surface area contributed by atoms with Gasteiger partial charge in [0.2, 0.25) is 5.96 Å². The van der Waals surface area contributed by atoms with E-state index in [1.807, 2.05) is 41.0 Å². The Kier molecular flexibility index (Phi) is 5.05. The van der Waals surface area contributed by atoms with Crippen LogP contribution in [0.3, 0.4) is 0 Å². The molecule has 3 rings (SSSR count). The lowest BCUT2D eigenvalue weighted by atomic mass is 10.3. The van der Waals surface area contributed by atoms with E-state index in [0.717, 1.165) is 27.6 Å². The minimum absolute atomic E-state index is 0.402. The number of hydrazone groups is 1. The van der Waals surface area contributed by atoms with Gasteiger partial charge in [0.1, 0.15) is 5.75 Å². The molecule has 25 heavy (non-hydrogen) atoms. The minimum Gasteiger partial charge on any atom is -0.495 e. The van der Waals surface area contributed by atoms with Crippen molar-refractivity contribution in [1.29, 1.82) is 0 Å². The first-order valence-electron chi connectivity index (χ1n) is 7.50. The molecule has 4 N–H and O–H groups in total. The van der Waals surface area contributed by atoms with Gasteiger partial charge < -0.3 is 10.6 Å². The number of fused-ring (bicyclic) bond motifs is 1. The maximum absolute atomic E-state index is 5.88. The molecule has 0 aliphatic heterocycles.